The van der Waals surface area contributed by atoms with Crippen LogP contribution in [-0.2, 0) is 4.79 Å². The molecule has 0 radical (unpaired) electrons. The first-order valence-electron chi connectivity index (χ1n) is 12.0. The molecule has 2 aromatic heterocycles. The molecule has 0 atom stereocenters. The largest absolute Gasteiger partial charge is 0.491 e. The molecule has 12 nitrogen and oxygen atoms in total. The fourth-order valence-corrected chi connectivity index (χ4v) is 4.20. The highest BCUT2D eigenvalue weighted by Gasteiger charge is 2.22. The Labute approximate surface area is 211 Å². The summed E-state index contributed by atoms with van der Waals surface area (Å²) in [6.45, 7) is 3.66. The van der Waals surface area contributed by atoms with E-state index >= 15 is 0 Å². The molecule has 0 bridgehead atoms. The average Bonchev–Trinajstić information content (AvgIpc) is 2.96. The Morgan fingerprint density at radius 3 is 1.58 bits per heavy atom. The second-order valence-electron chi connectivity index (χ2n) is 8.63. The zero-order valence-corrected chi connectivity index (χ0v) is 21.4. The van der Waals surface area contributed by atoms with E-state index in [1.807, 2.05) is 12.1 Å². The van der Waals surface area contributed by atoms with E-state index in [1.165, 1.54) is 7.11 Å². The molecule has 0 unspecified atom stereocenters. The molecule has 12 heteroatoms. The first kappa shape index (κ1) is 27.2. The van der Waals surface area contributed by atoms with Crippen molar-refractivity contribution in [1.29, 1.82) is 0 Å². The molecule has 36 heavy (non-hydrogen) atoms. The van der Waals surface area contributed by atoms with Crippen LogP contribution in [0.5, 0.6) is 23.3 Å². The minimum atomic E-state index is 0.175. The predicted octanol–water partition coefficient (Wildman–Crippen LogP) is 1.61. The molecule has 0 spiro atoms. The molecule has 0 saturated carbocycles. The number of nitrogens with zero attached hydrogens (tertiary/aromatic N) is 6. The molecule has 4 rings (SSSR count). The van der Waals surface area contributed by atoms with Crippen LogP contribution in [0, 0.1) is 11.8 Å². The molecule has 2 saturated heterocycles. The highest BCUT2D eigenvalue weighted by Crippen LogP contribution is 2.30. The van der Waals surface area contributed by atoms with Gasteiger partial charge in [-0.15, -0.1) is 20.4 Å². The summed E-state index contributed by atoms with van der Waals surface area (Å²) in [5.41, 5.74) is 0. The lowest BCUT2D eigenvalue weighted by atomic mass is 9.98. The summed E-state index contributed by atoms with van der Waals surface area (Å²) >= 11 is 0. The summed E-state index contributed by atoms with van der Waals surface area (Å²) in [4.78, 5) is 15.0. The van der Waals surface area contributed by atoms with Gasteiger partial charge >= 0.3 is 0 Å². The van der Waals surface area contributed by atoms with Gasteiger partial charge in [-0.3, -0.25) is 0 Å². The number of aliphatic hydroxyl groups is 1. The number of aliphatic hydroxyl groups excluding tert-OH is 1. The Bertz CT molecular complexity index is 964. The Morgan fingerprint density at radius 1 is 0.778 bits per heavy atom. The van der Waals surface area contributed by atoms with Crippen LogP contribution in [0.15, 0.2) is 12.1 Å². The van der Waals surface area contributed by atoms with Gasteiger partial charge in [0.2, 0.25) is 0 Å². The van der Waals surface area contributed by atoms with Crippen molar-refractivity contribution in [3.05, 3.63) is 12.1 Å². The summed E-state index contributed by atoms with van der Waals surface area (Å²) in [6.07, 6.45) is 4.72. The van der Waals surface area contributed by atoms with Crippen molar-refractivity contribution in [2.24, 2.45) is 11.8 Å². The number of carbonyl (C=O) groups excluding carboxylic acids is 1. The summed E-state index contributed by atoms with van der Waals surface area (Å²) in [7, 11) is 6.23. The molecule has 1 N–H and O–H groups in total. The number of anilines is 2. The van der Waals surface area contributed by atoms with Crippen molar-refractivity contribution < 1.29 is 28.8 Å². The topological polar surface area (TPSA) is 132 Å². The SMILES string of the molecule is COc1cc(N2CCC(C=O)CC2)nnc1OC.COc1cc(N2CCC(CO)CC2)nnc1OC. The maximum atomic E-state index is 10.7. The highest BCUT2D eigenvalue weighted by atomic mass is 16.5. The van der Waals surface area contributed by atoms with Gasteiger partial charge in [0.15, 0.2) is 23.1 Å². The van der Waals surface area contributed by atoms with E-state index in [9.17, 15) is 4.79 Å². The Hall–Kier alpha value is -3.41. The minimum Gasteiger partial charge on any atom is -0.491 e. The number of aldehydes is 1. The van der Waals surface area contributed by atoms with Crippen molar-refractivity contribution >= 4 is 17.9 Å². The molecular formula is C24H36N6O6. The molecule has 4 heterocycles. The van der Waals surface area contributed by atoms with Crippen LogP contribution in [-0.4, -0.2) is 93.0 Å². The van der Waals surface area contributed by atoms with E-state index in [-0.39, 0.29) is 12.5 Å². The fourth-order valence-electron chi connectivity index (χ4n) is 4.20. The van der Waals surface area contributed by atoms with Crippen LogP contribution in [0.2, 0.25) is 0 Å². The van der Waals surface area contributed by atoms with E-state index in [1.54, 1.807) is 21.3 Å². The standard InChI is InChI=1S/C12H19N3O3.C12H17N3O3/c2*1-17-10-7-11(13-14-12(10)18-2)15-5-3-9(8-16)4-6-15/h7,9,16H,3-6,8H2,1-2H3;7-9H,3-6H2,1-2H3. The third-order valence-corrected chi connectivity index (χ3v) is 6.51. The van der Waals surface area contributed by atoms with Crippen LogP contribution in [0.3, 0.4) is 0 Å². The molecule has 0 amide bonds. The van der Waals surface area contributed by atoms with E-state index in [0.717, 1.165) is 69.8 Å². The molecule has 0 aromatic carbocycles. The van der Waals surface area contributed by atoms with Crippen LogP contribution < -0.4 is 28.7 Å². The number of rotatable bonds is 8. The van der Waals surface area contributed by atoms with Crippen LogP contribution in [0.25, 0.3) is 0 Å². The normalized spacial score (nSPS) is 16.6. The zero-order valence-electron chi connectivity index (χ0n) is 21.4. The second kappa shape index (κ2) is 13.6. The van der Waals surface area contributed by atoms with Crippen molar-refractivity contribution in [2.75, 3.05) is 71.0 Å². The molecule has 2 fully saturated rings. The third kappa shape index (κ3) is 6.84. The van der Waals surface area contributed by atoms with E-state index < -0.39 is 0 Å². The van der Waals surface area contributed by atoms with Crippen molar-refractivity contribution in [2.45, 2.75) is 25.7 Å². The quantitative estimate of drug-likeness (QED) is 0.524. The van der Waals surface area contributed by atoms with Gasteiger partial charge in [0.25, 0.3) is 11.8 Å². The molecule has 198 valence electrons. The summed E-state index contributed by atoms with van der Waals surface area (Å²) in [5, 5.41) is 25.3. The number of aromatic nitrogens is 4. The Kier molecular flexibility index (Phi) is 10.3. The number of hydrogen-bond acceptors (Lipinski definition) is 12. The van der Waals surface area contributed by atoms with Crippen molar-refractivity contribution in [3.63, 3.8) is 0 Å². The van der Waals surface area contributed by atoms with Gasteiger partial charge in [0, 0.05) is 50.8 Å². The zero-order chi connectivity index (χ0) is 25.9. The summed E-state index contributed by atoms with van der Waals surface area (Å²) < 4.78 is 20.5. The molecule has 2 aliphatic heterocycles. The molecular weight excluding hydrogens is 468 g/mol. The van der Waals surface area contributed by atoms with Gasteiger partial charge in [-0.05, 0) is 31.6 Å². The maximum absolute atomic E-state index is 10.7. The lowest BCUT2D eigenvalue weighted by Crippen LogP contribution is -2.35. The van der Waals surface area contributed by atoms with Crippen LogP contribution in [0.4, 0.5) is 11.6 Å². The van der Waals surface area contributed by atoms with Crippen LogP contribution >= 0.6 is 0 Å². The number of ether oxygens (including phenoxy) is 4. The van der Waals surface area contributed by atoms with Gasteiger partial charge in [0.1, 0.15) is 6.29 Å². The molecule has 2 aromatic rings. The van der Waals surface area contributed by atoms with Crippen molar-refractivity contribution in [1.82, 2.24) is 20.4 Å². The van der Waals surface area contributed by atoms with Gasteiger partial charge in [-0.2, -0.15) is 0 Å². The number of piperidine rings is 2. The number of carbonyl (C=O) groups is 1. The van der Waals surface area contributed by atoms with Gasteiger partial charge in [0.05, 0.1) is 28.4 Å². The van der Waals surface area contributed by atoms with Crippen LogP contribution in [0.1, 0.15) is 25.7 Å². The van der Waals surface area contributed by atoms with Gasteiger partial charge in [-0.1, -0.05) is 0 Å². The van der Waals surface area contributed by atoms with Gasteiger partial charge < -0.3 is 38.6 Å². The maximum Gasteiger partial charge on any atom is 0.276 e. The smallest absolute Gasteiger partial charge is 0.276 e. The lowest BCUT2D eigenvalue weighted by molar-refractivity contribution is -0.111. The van der Waals surface area contributed by atoms with E-state index in [2.05, 4.69) is 30.2 Å². The third-order valence-electron chi connectivity index (χ3n) is 6.51. The highest BCUT2D eigenvalue weighted by molar-refractivity contribution is 5.55. The minimum absolute atomic E-state index is 0.175. The Morgan fingerprint density at radius 2 is 1.22 bits per heavy atom. The second-order valence-corrected chi connectivity index (χ2v) is 8.63. The molecule has 0 aliphatic carbocycles. The Balaban J connectivity index is 0.000000201. The molecule has 2 aliphatic rings. The monoisotopic (exact) mass is 504 g/mol. The average molecular weight is 505 g/mol. The number of methoxy groups -OCH3 is 4. The fraction of sp³-hybridized carbons (Fsp3) is 0.625. The predicted molar refractivity (Wildman–Crippen MR) is 133 cm³/mol. The van der Waals surface area contributed by atoms with E-state index in [0.29, 0.717) is 29.2 Å². The van der Waals surface area contributed by atoms with E-state index in [4.69, 9.17) is 24.1 Å². The number of hydrogen-bond donors (Lipinski definition) is 1. The van der Waals surface area contributed by atoms with Crippen molar-refractivity contribution in [3.8, 4) is 23.3 Å². The summed E-state index contributed by atoms with van der Waals surface area (Å²) in [5.74, 6) is 4.08. The van der Waals surface area contributed by atoms with Gasteiger partial charge in [-0.25, -0.2) is 0 Å². The first-order chi connectivity index (χ1) is 17.6. The lowest BCUT2D eigenvalue weighted by Gasteiger charge is -2.31. The summed E-state index contributed by atoms with van der Waals surface area (Å²) in [6, 6.07) is 3.65. The first-order valence-corrected chi connectivity index (χ1v) is 12.0.